The lowest BCUT2D eigenvalue weighted by Crippen LogP contribution is -2.46. The maximum Gasteiger partial charge on any atom is 0.160 e. The number of aliphatic hydroxyl groups excluding tert-OH is 1. The average Bonchev–Trinajstić information content (AvgIpc) is 2.42. The fraction of sp³-hybridized carbons (Fsp3) is 0.571. The fourth-order valence-electron chi connectivity index (χ4n) is 2.40. The first kappa shape index (κ1) is 14.1. The van der Waals surface area contributed by atoms with Crippen LogP contribution in [0.4, 0.5) is 0 Å². The van der Waals surface area contributed by atoms with Gasteiger partial charge in [0.05, 0.1) is 13.7 Å². The van der Waals surface area contributed by atoms with Crippen LogP contribution >= 0.6 is 0 Å². The Morgan fingerprint density at radius 2 is 1.84 bits per heavy atom. The normalized spacial score (nSPS) is 17.6. The number of rotatable bonds is 5. The van der Waals surface area contributed by atoms with Gasteiger partial charge in [0.2, 0.25) is 0 Å². The van der Waals surface area contributed by atoms with Crippen LogP contribution in [0, 0.1) is 0 Å². The molecule has 5 nitrogen and oxygen atoms in total. The van der Waals surface area contributed by atoms with E-state index in [1.54, 1.807) is 19.2 Å². The van der Waals surface area contributed by atoms with E-state index in [2.05, 4.69) is 9.80 Å². The molecule has 2 rings (SSSR count). The standard InChI is InChI=1S/C14H22N2O3/c1-19-14-3-2-12(10-13(14)18)11-16-6-4-15(5-7-16)8-9-17/h2-3,10,17-18H,4-9,11H2,1H3. The molecular formula is C14H22N2O3. The van der Waals surface area contributed by atoms with Gasteiger partial charge in [-0.15, -0.1) is 0 Å². The van der Waals surface area contributed by atoms with Gasteiger partial charge in [0.1, 0.15) is 0 Å². The van der Waals surface area contributed by atoms with Crippen molar-refractivity contribution in [3.05, 3.63) is 23.8 Å². The molecule has 1 fully saturated rings. The number of phenols is 1. The number of hydrogen-bond acceptors (Lipinski definition) is 5. The van der Waals surface area contributed by atoms with E-state index in [0.29, 0.717) is 5.75 Å². The number of nitrogens with zero attached hydrogens (tertiary/aromatic N) is 2. The first-order valence-electron chi connectivity index (χ1n) is 6.64. The van der Waals surface area contributed by atoms with E-state index in [-0.39, 0.29) is 12.4 Å². The van der Waals surface area contributed by atoms with Crippen LogP contribution < -0.4 is 4.74 Å². The fourth-order valence-corrected chi connectivity index (χ4v) is 2.40. The Labute approximate surface area is 114 Å². The summed E-state index contributed by atoms with van der Waals surface area (Å²) in [4.78, 5) is 4.62. The molecule has 0 radical (unpaired) electrons. The summed E-state index contributed by atoms with van der Waals surface area (Å²) < 4.78 is 5.04. The molecule has 106 valence electrons. The third-order valence-electron chi connectivity index (χ3n) is 3.53. The van der Waals surface area contributed by atoms with Gasteiger partial charge in [0.15, 0.2) is 11.5 Å². The number of aliphatic hydroxyl groups is 1. The summed E-state index contributed by atoms with van der Waals surface area (Å²) >= 11 is 0. The van der Waals surface area contributed by atoms with Crippen molar-refractivity contribution in [3.63, 3.8) is 0 Å². The molecule has 0 bridgehead atoms. The van der Waals surface area contributed by atoms with Gasteiger partial charge >= 0.3 is 0 Å². The summed E-state index contributed by atoms with van der Waals surface area (Å²) in [6.07, 6.45) is 0. The first-order valence-corrected chi connectivity index (χ1v) is 6.64. The maximum absolute atomic E-state index is 9.75. The van der Waals surface area contributed by atoms with Crippen molar-refractivity contribution in [3.8, 4) is 11.5 Å². The molecule has 1 aromatic rings. The lowest BCUT2D eigenvalue weighted by Gasteiger charge is -2.34. The Morgan fingerprint density at radius 1 is 1.16 bits per heavy atom. The zero-order valence-electron chi connectivity index (χ0n) is 11.4. The molecule has 0 unspecified atom stereocenters. The number of hydrogen-bond donors (Lipinski definition) is 2. The number of β-amino-alcohol motifs (C(OH)–C–C–N with tert-alkyl or cyclic N) is 1. The van der Waals surface area contributed by atoms with E-state index in [1.165, 1.54) is 0 Å². The highest BCUT2D eigenvalue weighted by molar-refractivity contribution is 5.41. The molecule has 1 aromatic carbocycles. The highest BCUT2D eigenvalue weighted by Gasteiger charge is 2.16. The van der Waals surface area contributed by atoms with Crippen LogP contribution in [0.1, 0.15) is 5.56 Å². The SMILES string of the molecule is COc1ccc(CN2CCN(CCO)CC2)cc1O. The molecule has 1 heterocycles. The minimum Gasteiger partial charge on any atom is -0.504 e. The van der Waals surface area contributed by atoms with Gasteiger partial charge in [-0.25, -0.2) is 0 Å². The van der Waals surface area contributed by atoms with Crippen molar-refractivity contribution in [2.75, 3.05) is 46.4 Å². The van der Waals surface area contributed by atoms with Gasteiger partial charge in [-0.3, -0.25) is 9.80 Å². The zero-order valence-corrected chi connectivity index (χ0v) is 11.4. The van der Waals surface area contributed by atoms with Crippen LogP contribution in [0.25, 0.3) is 0 Å². The number of piperazine rings is 1. The number of ether oxygens (including phenoxy) is 1. The van der Waals surface area contributed by atoms with E-state index in [9.17, 15) is 5.11 Å². The van der Waals surface area contributed by atoms with Crippen LogP contribution in [0.5, 0.6) is 11.5 Å². The average molecular weight is 266 g/mol. The van der Waals surface area contributed by atoms with Crippen LogP contribution in [0.3, 0.4) is 0 Å². The summed E-state index contributed by atoms with van der Waals surface area (Å²) in [5.41, 5.74) is 1.09. The Hall–Kier alpha value is -1.30. The molecule has 0 amide bonds. The third kappa shape index (κ3) is 3.83. The molecule has 0 atom stereocenters. The lowest BCUT2D eigenvalue weighted by atomic mass is 10.1. The van der Waals surface area contributed by atoms with E-state index >= 15 is 0 Å². The monoisotopic (exact) mass is 266 g/mol. The molecule has 19 heavy (non-hydrogen) atoms. The quantitative estimate of drug-likeness (QED) is 0.813. The second-order valence-corrected chi connectivity index (χ2v) is 4.85. The summed E-state index contributed by atoms with van der Waals surface area (Å²) in [6, 6.07) is 5.55. The molecule has 1 saturated heterocycles. The van der Waals surface area contributed by atoms with Crippen LogP contribution in [-0.4, -0.2) is 66.5 Å². The molecule has 0 spiro atoms. The van der Waals surface area contributed by atoms with E-state index in [1.807, 2.05) is 6.07 Å². The van der Waals surface area contributed by atoms with Gasteiger partial charge in [-0.2, -0.15) is 0 Å². The van der Waals surface area contributed by atoms with Crippen molar-refractivity contribution in [2.45, 2.75) is 6.54 Å². The van der Waals surface area contributed by atoms with Crippen LogP contribution in [0.15, 0.2) is 18.2 Å². The molecule has 1 aliphatic heterocycles. The van der Waals surface area contributed by atoms with Crippen LogP contribution in [-0.2, 0) is 6.54 Å². The summed E-state index contributed by atoms with van der Waals surface area (Å²) in [5.74, 6) is 0.704. The molecule has 1 aliphatic rings. The van der Waals surface area contributed by atoms with Gasteiger partial charge in [-0.1, -0.05) is 6.07 Å². The van der Waals surface area contributed by atoms with E-state index < -0.39 is 0 Å². The van der Waals surface area contributed by atoms with Crippen LogP contribution in [0.2, 0.25) is 0 Å². The van der Waals surface area contributed by atoms with E-state index in [0.717, 1.165) is 44.8 Å². The molecule has 0 saturated carbocycles. The predicted molar refractivity (Wildman–Crippen MR) is 73.5 cm³/mol. The van der Waals surface area contributed by atoms with E-state index in [4.69, 9.17) is 9.84 Å². The molecule has 2 N–H and O–H groups in total. The Morgan fingerprint density at radius 3 is 2.42 bits per heavy atom. The molecule has 5 heteroatoms. The first-order chi connectivity index (χ1) is 9.22. The summed E-state index contributed by atoms with van der Waals surface area (Å²) in [7, 11) is 1.55. The summed E-state index contributed by atoms with van der Waals surface area (Å²) in [6.45, 7) is 5.79. The van der Waals surface area contributed by atoms with Crippen molar-refractivity contribution in [1.29, 1.82) is 0 Å². The summed E-state index contributed by atoms with van der Waals surface area (Å²) in [5, 5.41) is 18.7. The Balaban J connectivity index is 1.87. The molecule has 0 aromatic heterocycles. The second kappa shape index (κ2) is 6.75. The second-order valence-electron chi connectivity index (χ2n) is 4.85. The van der Waals surface area contributed by atoms with Crippen molar-refractivity contribution in [2.24, 2.45) is 0 Å². The zero-order chi connectivity index (χ0) is 13.7. The van der Waals surface area contributed by atoms with Crippen molar-refractivity contribution < 1.29 is 14.9 Å². The third-order valence-corrected chi connectivity index (χ3v) is 3.53. The lowest BCUT2D eigenvalue weighted by molar-refractivity contribution is 0.108. The van der Waals surface area contributed by atoms with Gasteiger partial charge in [0.25, 0.3) is 0 Å². The van der Waals surface area contributed by atoms with Crippen molar-refractivity contribution in [1.82, 2.24) is 9.80 Å². The van der Waals surface area contributed by atoms with Gasteiger partial charge in [0, 0.05) is 39.3 Å². The highest BCUT2D eigenvalue weighted by atomic mass is 16.5. The Bertz CT molecular complexity index is 404. The molecule has 0 aliphatic carbocycles. The number of aromatic hydroxyl groups is 1. The minimum absolute atomic E-state index is 0.193. The maximum atomic E-state index is 9.75. The minimum atomic E-state index is 0.193. The van der Waals surface area contributed by atoms with Gasteiger partial charge < -0.3 is 14.9 Å². The molecular weight excluding hydrogens is 244 g/mol. The number of benzene rings is 1. The topological polar surface area (TPSA) is 56.2 Å². The number of methoxy groups -OCH3 is 1. The number of phenolic OH excluding ortho intramolecular Hbond substituents is 1. The van der Waals surface area contributed by atoms with Crippen molar-refractivity contribution >= 4 is 0 Å². The Kier molecular flexibility index (Phi) is 5.01. The highest BCUT2D eigenvalue weighted by Crippen LogP contribution is 2.26. The van der Waals surface area contributed by atoms with Gasteiger partial charge in [-0.05, 0) is 17.7 Å². The largest absolute Gasteiger partial charge is 0.504 e. The smallest absolute Gasteiger partial charge is 0.160 e. The predicted octanol–water partition coefficient (Wildman–Crippen LogP) is 0.511.